The number of carbonyl (C=O) groups excluding carboxylic acids is 1. The number of nitrogens with zero attached hydrogens (tertiary/aromatic N) is 3. The fourth-order valence-corrected chi connectivity index (χ4v) is 4.22. The highest BCUT2D eigenvalue weighted by atomic mass is 32.2. The van der Waals surface area contributed by atoms with Crippen LogP contribution in [0.1, 0.15) is 34.6 Å². The molecule has 1 aromatic heterocycles. The minimum atomic E-state index is -3.23. The maximum absolute atomic E-state index is 12.6. The first-order valence-electron chi connectivity index (χ1n) is 8.26. The third kappa shape index (κ3) is 3.62. The summed E-state index contributed by atoms with van der Waals surface area (Å²) in [6.07, 6.45) is 4.85. The highest BCUT2D eigenvalue weighted by Gasteiger charge is 2.28. The third-order valence-electron chi connectivity index (χ3n) is 4.59. The number of rotatable bonds is 4. The van der Waals surface area contributed by atoms with Gasteiger partial charge in [-0.2, -0.15) is 9.40 Å². The van der Waals surface area contributed by atoms with E-state index in [9.17, 15) is 13.2 Å². The minimum Gasteiger partial charge on any atom is -0.374 e. The average Bonchev–Trinajstić information content (AvgIpc) is 2.88. The van der Waals surface area contributed by atoms with Gasteiger partial charge in [-0.3, -0.25) is 9.48 Å². The Bertz CT molecular complexity index is 728. The molecule has 2 aliphatic rings. The van der Waals surface area contributed by atoms with E-state index in [1.54, 1.807) is 11.7 Å². The third-order valence-corrected chi connectivity index (χ3v) is 5.86. The van der Waals surface area contributed by atoms with Crippen molar-refractivity contribution in [2.24, 2.45) is 7.05 Å². The summed E-state index contributed by atoms with van der Waals surface area (Å²) in [5.41, 5.74) is 2.68. The average molecular weight is 356 g/mol. The van der Waals surface area contributed by atoms with Gasteiger partial charge < -0.3 is 10.1 Å². The van der Waals surface area contributed by atoms with Crippen molar-refractivity contribution in [1.82, 2.24) is 19.4 Å². The molecule has 1 saturated heterocycles. The first-order chi connectivity index (χ1) is 11.4. The number of aromatic nitrogens is 2. The van der Waals surface area contributed by atoms with Gasteiger partial charge in [0.25, 0.3) is 5.91 Å². The van der Waals surface area contributed by atoms with Gasteiger partial charge in [0.1, 0.15) is 5.69 Å². The molecule has 8 nitrogen and oxygen atoms in total. The second kappa shape index (κ2) is 6.81. The Kier molecular flexibility index (Phi) is 4.93. The van der Waals surface area contributed by atoms with E-state index in [1.807, 2.05) is 0 Å². The maximum atomic E-state index is 12.6. The number of ether oxygens (including phenoxy) is 1. The van der Waals surface area contributed by atoms with E-state index in [0.29, 0.717) is 18.8 Å². The topological polar surface area (TPSA) is 93.5 Å². The molecule has 1 atom stereocenters. The Labute approximate surface area is 142 Å². The highest BCUT2D eigenvalue weighted by molar-refractivity contribution is 7.88. The zero-order chi connectivity index (χ0) is 17.3. The molecular weight excluding hydrogens is 332 g/mol. The zero-order valence-corrected chi connectivity index (χ0v) is 14.9. The van der Waals surface area contributed by atoms with Crippen LogP contribution in [0, 0.1) is 0 Å². The fraction of sp³-hybridized carbons (Fsp3) is 0.733. The Morgan fingerprint density at radius 2 is 2.12 bits per heavy atom. The lowest BCUT2D eigenvalue weighted by Crippen LogP contribution is -2.49. The van der Waals surface area contributed by atoms with Gasteiger partial charge in [0.05, 0.1) is 24.7 Å². The van der Waals surface area contributed by atoms with Crippen LogP contribution in [0.15, 0.2) is 0 Å². The normalized spacial score (nSPS) is 22.2. The number of fused-ring (bicyclic) bond motifs is 1. The fourth-order valence-electron chi connectivity index (χ4n) is 3.37. The SMILES string of the molecule is Cn1nc2c(c1C(=O)NC[C@@H]1CN(S(C)(=O)=O)CCO1)CCCC2. The molecule has 134 valence electrons. The number of morpholine rings is 1. The van der Waals surface area contributed by atoms with Gasteiger partial charge in [-0.1, -0.05) is 0 Å². The zero-order valence-electron chi connectivity index (χ0n) is 14.1. The van der Waals surface area contributed by atoms with E-state index in [2.05, 4.69) is 10.4 Å². The van der Waals surface area contributed by atoms with Crippen molar-refractivity contribution in [3.8, 4) is 0 Å². The lowest BCUT2D eigenvalue weighted by Gasteiger charge is -2.31. The molecule has 1 fully saturated rings. The second-order valence-corrected chi connectivity index (χ2v) is 8.41. The van der Waals surface area contributed by atoms with Crippen LogP contribution in [0.5, 0.6) is 0 Å². The van der Waals surface area contributed by atoms with E-state index in [-0.39, 0.29) is 25.1 Å². The Morgan fingerprint density at radius 3 is 2.88 bits per heavy atom. The molecule has 24 heavy (non-hydrogen) atoms. The summed E-state index contributed by atoms with van der Waals surface area (Å²) < 4.78 is 31.9. The molecule has 0 bridgehead atoms. The van der Waals surface area contributed by atoms with Crippen LogP contribution in [0.4, 0.5) is 0 Å². The largest absolute Gasteiger partial charge is 0.374 e. The molecule has 9 heteroatoms. The monoisotopic (exact) mass is 356 g/mol. The predicted molar refractivity (Wildman–Crippen MR) is 88.3 cm³/mol. The van der Waals surface area contributed by atoms with E-state index in [4.69, 9.17) is 4.74 Å². The molecule has 1 aliphatic heterocycles. The van der Waals surface area contributed by atoms with Crippen molar-refractivity contribution in [1.29, 1.82) is 0 Å². The molecule has 0 radical (unpaired) electrons. The molecule has 1 N–H and O–H groups in total. The van der Waals surface area contributed by atoms with Gasteiger partial charge in [0.15, 0.2) is 0 Å². The summed E-state index contributed by atoms with van der Waals surface area (Å²) in [5, 5.41) is 7.32. The molecule has 1 aromatic rings. The summed E-state index contributed by atoms with van der Waals surface area (Å²) in [5.74, 6) is -0.173. The molecule has 0 aromatic carbocycles. The molecule has 0 spiro atoms. The van der Waals surface area contributed by atoms with Crippen LogP contribution in [0.25, 0.3) is 0 Å². The van der Waals surface area contributed by atoms with Crippen molar-refractivity contribution >= 4 is 15.9 Å². The molecule has 0 saturated carbocycles. The summed E-state index contributed by atoms with van der Waals surface area (Å²) in [6.45, 7) is 1.25. The van der Waals surface area contributed by atoms with Gasteiger partial charge in [-0.15, -0.1) is 0 Å². The first kappa shape index (κ1) is 17.4. The van der Waals surface area contributed by atoms with Crippen LogP contribution in [0.3, 0.4) is 0 Å². The number of carbonyl (C=O) groups is 1. The maximum Gasteiger partial charge on any atom is 0.269 e. The molecular formula is C15H24N4O4S. The number of hydrogen-bond acceptors (Lipinski definition) is 5. The highest BCUT2D eigenvalue weighted by Crippen LogP contribution is 2.23. The smallest absolute Gasteiger partial charge is 0.269 e. The second-order valence-electron chi connectivity index (χ2n) is 6.43. The van der Waals surface area contributed by atoms with Crippen LogP contribution in [-0.4, -0.2) is 67.0 Å². The van der Waals surface area contributed by atoms with E-state index >= 15 is 0 Å². The molecule has 2 heterocycles. The van der Waals surface area contributed by atoms with Crippen molar-refractivity contribution in [2.45, 2.75) is 31.8 Å². The van der Waals surface area contributed by atoms with Crippen LogP contribution >= 0.6 is 0 Å². The van der Waals surface area contributed by atoms with Crippen LogP contribution in [-0.2, 0) is 34.6 Å². The van der Waals surface area contributed by atoms with E-state index in [1.165, 1.54) is 10.6 Å². The Balaban J connectivity index is 1.63. The standard InChI is InChI=1S/C15H24N4O4S/c1-18-14(12-5-3-4-6-13(12)17-18)15(20)16-9-11-10-19(7-8-23-11)24(2,21)22/h11H,3-10H2,1-2H3,(H,16,20)/t11-/m1/s1. The van der Waals surface area contributed by atoms with Gasteiger partial charge in [0.2, 0.25) is 10.0 Å². The Hall–Kier alpha value is -1.45. The van der Waals surface area contributed by atoms with Crippen LogP contribution in [0.2, 0.25) is 0 Å². The summed E-state index contributed by atoms with van der Waals surface area (Å²) >= 11 is 0. The predicted octanol–water partition coefficient (Wildman–Crippen LogP) is -0.311. The molecule has 1 aliphatic carbocycles. The van der Waals surface area contributed by atoms with Gasteiger partial charge in [0, 0.05) is 32.2 Å². The number of amides is 1. The number of sulfonamides is 1. The number of hydrogen-bond donors (Lipinski definition) is 1. The van der Waals surface area contributed by atoms with Crippen molar-refractivity contribution < 1.29 is 17.9 Å². The van der Waals surface area contributed by atoms with Crippen molar-refractivity contribution in [3.05, 3.63) is 17.0 Å². The van der Waals surface area contributed by atoms with Crippen LogP contribution < -0.4 is 5.32 Å². The molecule has 0 unspecified atom stereocenters. The summed E-state index contributed by atoms with van der Waals surface area (Å²) in [6, 6.07) is 0. The summed E-state index contributed by atoms with van der Waals surface area (Å²) in [7, 11) is -1.45. The van der Waals surface area contributed by atoms with Crippen molar-refractivity contribution in [2.75, 3.05) is 32.5 Å². The first-order valence-corrected chi connectivity index (χ1v) is 10.1. The van der Waals surface area contributed by atoms with Gasteiger partial charge in [-0.05, 0) is 25.7 Å². The van der Waals surface area contributed by atoms with Gasteiger partial charge in [-0.25, -0.2) is 8.42 Å². The minimum absolute atomic E-state index is 0.173. The Morgan fingerprint density at radius 1 is 1.38 bits per heavy atom. The van der Waals surface area contributed by atoms with E-state index < -0.39 is 10.0 Å². The molecule has 3 rings (SSSR count). The number of aryl methyl sites for hydroxylation is 2. The lowest BCUT2D eigenvalue weighted by atomic mass is 9.95. The van der Waals surface area contributed by atoms with Crippen molar-refractivity contribution in [3.63, 3.8) is 0 Å². The summed E-state index contributed by atoms with van der Waals surface area (Å²) in [4.78, 5) is 12.6. The quantitative estimate of drug-likeness (QED) is 0.799. The van der Waals surface area contributed by atoms with E-state index in [0.717, 1.165) is 36.9 Å². The lowest BCUT2D eigenvalue weighted by molar-refractivity contribution is 0.000383. The number of nitrogens with one attached hydrogen (secondary N) is 1. The van der Waals surface area contributed by atoms with Gasteiger partial charge >= 0.3 is 0 Å². The molecule has 1 amide bonds.